The Hall–Kier alpha value is -1.32. The molecule has 0 radical (unpaired) electrons. The van der Waals surface area contributed by atoms with Crippen molar-refractivity contribution in [3.8, 4) is 11.1 Å². The minimum Gasteiger partial charge on any atom is -0.462 e. The topological polar surface area (TPSA) is 26.3 Å². The van der Waals surface area contributed by atoms with Crippen LogP contribution in [0.5, 0.6) is 0 Å². The Labute approximate surface area is 109 Å². The van der Waals surface area contributed by atoms with E-state index in [0.717, 1.165) is 11.1 Å². The van der Waals surface area contributed by atoms with Crippen molar-refractivity contribution in [1.82, 2.24) is 0 Å². The van der Waals surface area contributed by atoms with Gasteiger partial charge >= 0.3 is 5.97 Å². The molecule has 1 aromatic heterocycles. The van der Waals surface area contributed by atoms with Crippen molar-refractivity contribution in [3.05, 3.63) is 45.6 Å². The summed E-state index contributed by atoms with van der Waals surface area (Å²) in [7, 11) is 0. The maximum absolute atomic E-state index is 11.5. The first kappa shape index (κ1) is 12.1. The van der Waals surface area contributed by atoms with Crippen LogP contribution in [0.15, 0.2) is 35.7 Å². The van der Waals surface area contributed by atoms with Crippen molar-refractivity contribution in [2.24, 2.45) is 0 Å². The number of benzene rings is 1. The van der Waals surface area contributed by atoms with Crippen LogP contribution in [0.3, 0.4) is 0 Å². The van der Waals surface area contributed by atoms with E-state index in [1.54, 1.807) is 6.92 Å². The monoisotopic (exact) mass is 266 g/mol. The highest BCUT2D eigenvalue weighted by atomic mass is 35.5. The molecular weight excluding hydrogens is 256 g/mol. The van der Waals surface area contributed by atoms with E-state index in [9.17, 15) is 4.79 Å². The molecule has 1 aromatic carbocycles. The average Bonchev–Trinajstić information content (AvgIpc) is 2.78. The molecule has 4 heteroatoms. The molecule has 1 heterocycles. The first-order chi connectivity index (χ1) is 8.20. The zero-order valence-corrected chi connectivity index (χ0v) is 10.8. The summed E-state index contributed by atoms with van der Waals surface area (Å²) in [5.41, 5.74) is 1.99. The van der Waals surface area contributed by atoms with Gasteiger partial charge in [-0.1, -0.05) is 23.7 Å². The molecule has 0 N–H and O–H groups in total. The second-order valence-electron chi connectivity index (χ2n) is 3.43. The zero-order valence-electron chi connectivity index (χ0n) is 9.27. The maximum Gasteiger partial charge on any atom is 0.348 e. The zero-order chi connectivity index (χ0) is 12.3. The number of carbonyl (C=O) groups excluding carboxylic acids is 1. The molecular formula is C13H11ClO2S. The summed E-state index contributed by atoms with van der Waals surface area (Å²) >= 11 is 7.31. The summed E-state index contributed by atoms with van der Waals surface area (Å²) in [6.07, 6.45) is 0. The molecule has 17 heavy (non-hydrogen) atoms. The molecule has 0 bridgehead atoms. The number of hydrogen-bond acceptors (Lipinski definition) is 3. The fourth-order valence-corrected chi connectivity index (χ4v) is 2.46. The third-order valence-corrected chi connectivity index (χ3v) is 3.38. The largest absolute Gasteiger partial charge is 0.462 e. The summed E-state index contributed by atoms with van der Waals surface area (Å²) in [6.45, 7) is 2.19. The first-order valence-electron chi connectivity index (χ1n) is 5.22. The Morgan fingerprint density at radius 2 is 2.18 bits per heavy atom. The Kier molecular flexibility index (Phi) is 3.82. The first-order valence-corrected chi connectivity index (χ1v) is 6.48. The SMILES string of the molecule is CCOC(=O)c1cc(-c2cccc(Cl)c2)cs1. The van der Waals surface area contributed by atoms with E-state index in [-0.39, 0.29) is 5.97 Å². The lowest BCUT2D eigenvalue weighted by molar-refractivity contribution is 0.0532. The molecule has 2 aromatic rings. The summed E-state index contributed by atoms with van der Waals surface area (Å²) in [6, 6.07) is 9.37. The van der Waals surface area contributed by atoms with Gasteiger partial charge < -0.3 is 4.74 Å². The smallest absolute Gasteiger partial charge is 0.348 e. The van der Waals surface area contributed by atoms with Crippen LogP contribution in [0.2, 0.25) is 5.02 Å². The van der Waals surface area contributed by atoms with Gasteiger partial charge in [-0.2, -0.15) is 0 Å². The van der Waals surface area contributed by atoms with Gasteiger partial charge in [-0.05, 0) is 41.6 Å². The van der Waals surface area contributed by atoms with Gasteiger partial charge in [0.25, 0.3) is 0 Å². The summed E-state index contributed by atoms with van der Waals surface area (Å²) in [5.74, 6) is -0.272. The third-order valence-electron chi connectivity index (χ3n) is 2.23. The highest BCUT2D eigenvalue weighted by Gasteiger charge is 2.10. The van der Waals surface area contributed by atoms with Crippen LogP contribution in [-0.2, 0) is 4.74 Å². The highest BCUT2D eigenvalue weighted by molar-refractivity contribution is 7.12. The van der Waals surface area contributed by atoms with Crippen LogP contribution in [0.4, 0.5) is 0 Å². The Morgan fingerprint density at radius 1 is 1.35 bits per heavy atom. The van der Waals surface area contributed by atoms with Crippen molar-refractivity contribution in [3.63, 3.8) is 0 Å². The van der Waals surface area contributed by atoms with Gasteiger partial charge in [0.05, 0.1) is 6.61 Å². The van der Waals surface area contributed by atoms with E-state index in [4.69, 9.17) is 16.3 Å². The number of halogens is 1. The van der Waals surface area contributed by atoms with Gasteiger partial charge in [-0.25, -0.2) is 4.79 Å². The summed E-state index contributed by atoms with van der Waals surface area (Å²) in [5, 5.41) is 2.61. The molecule has 88 valence electrons. The standard InChI is InChI=1S/C13H11ClO2S/c1-2-16-13(15)12-7-10(8-17-12)9-4-3-5-11(14)6-9/h3-8H,2H2,1H3. The lowest BCUT2D eigenvalue weighted by Gasteiger charge is -1.98. The number of hydrogen-bond donors (Lipinski definition) is 0. The predicted molar refractivity (Wildman–Crippen MR) is 70.7 cm³/mol. The molecule has 0 aliphatic carbocycles. The van der Waals surface area contributed by atoms with Gasteiger partial charge in [0, 0.05) is 5.02 Å². The summed E-state index contributed by atoms with van der Waals surface area (Å²) < 4.78 is 4.95. The molecule has 2 nitrogen and oxygen atoms in total. The molecule has 0 saturated carbocycles. The van der Waals surface area contributed by atoms with E-state index >= 15 is 0 Å². The third kappa shape index (κ3) is 2.87. The van der Waals surface area contributed by atoms with E-state index in [2.05, 4.69) is 0 Å². The molecule has 0 spiro atoms. The fourth-order valence-electron chi connectivity index (χ4n) is 1.46. The van der Waals surface area contributed by atoms with Gasteiger partial charge in [0.1, 0.15) is 4.88 Å². The Morgan fingerprint density at radius 3 is 2.88 bits per heavy atom. The van der Waals surface area contributed by atoms with Crippen molar-refractivity contribution >= 4 is 28.9 Å². The Bertz CT molecular complexity index is 534. The minimum atomic E-state index is -0.272. The van der Waals surface area contributed by atoms with Gasteiger partial charge in [0.15, 0.2) is 0 Å². The molecule has 0 saturated heterocycles. The predicted octanol–water partition coefficient (Wildman–Crippen LogP) is 4.25. The minimum absolute atomic E-state index is 0.272. The number of carbonyl (C=O) groups is 1. The Balaban J connectivity index is 2.27. The van der Waals surface area contributed by atoms with Crippen LogP contribution in [0.1, 0.15) is 16.6 Å². The average molecular weight is 267 g/mol. The van der Waals surface area contributed by atoms with Crippen LogP contribution < -0.4 is 0 Å². The van der Waals surface area contributed by atoms with Crippen LogP contribution in [0, 0.1) is 0 Å². The maximum atomic E-state index is 11.5. The number of rotatable bonds is 3. The lowest BCUT2D eigenvalue weighted by atomic mass is 10.1. The fraction of sp³-hybridized carbons (Fsp3) is 0.154. The molecule has 2 rings (SSSR count). The van der Waals surface area contributed by atoms with Crippen molar-refractivity contribution in [2.75, 3.05) is 6.61 Å². The number of thiophene rings is 1. The molecule has 0 atom stereocenters. The van der Waals surface area contributed by atoms with E-state index in [1.807, 2.05) is 35.7 Å². The van der Waals surface area contributed by atoms with Crippen molar-refractivity contribution in [2.45, 2.75) is 6.92 Å². The second-order valence-corrected chi connectivity index (χ2v) is 4.78. The molecule has 0 aliphatic rings. The normalized spacial score (nSPS) is 10.2. The molecule has 0 unspecified atom stereocenters. The van der Waals surface area contributed by atoms with Crippen LogP contribution in [-0.4, -0.2) is 12.6 Å². The number of esters is 1. The lowest BCUT2D eigenvalue weighted by Crippen LogP contribution is -2.01. The summed E-state index contributed by atoms with van der Waals surface area (Å²) in [4.78, 5) is 12.1. The molecule has 0 aliphatic heterocycles. The van der Waals surface area contributed by atoms with E-state index < -0.39 is 0 Å². The van der Waals surface area contributed by atoms with Crippen molar-refractivity contribution in [1.29, 1.82) is 0 Å². The second kappa shape index (κ2) is 5.34. The van der Waals surface area contributed by atoms with Gasteiger partial charge in [0.2, 0.25) is 0 Å². The molecule has 0 amide bonds. The van der Waals surface area contributed by atoms with E-state index in [0.29, 0.717) is 16.5 Å². The van der Waals surface area contributed by atoms with Crippen LogP contribution in [0.25, 0.3) is 11.1 Å². The quantitative estimate of drug-likeness (QED) is 0.777. The molecule has 0 fully saturated rings. The van der Waals surface area contributed by atoms with E-state index in [1.165, 1.54) is 11.3 Å². The van der Waals surface area contributed by atoms with Crippen molar-refractivity contribution < 1.29 is 9.53 Å². The highest BCUT2D eigenvalue weighted by Crippen LogP contribution is 2.27. The van der Waals surface area contributed by atoms with Gasteiger partial charge in [-0.3, -0.25) is 0 Å². The van der Waals surface area contributed by atoms with Crippen LogP contribution >= 0.6 is 22.9 Å². The number of ether oxygens (including phenoxy) is 1. The van der Waals surface area contributed by atoms with Gasteiger partial charge in [-0.15, -0.1) is 11.3 Å².